The van der Waals surface area contributed by atoms with Gasteiger partial charge in [0, 0.05) is 23.7 Å². The molecule has 0 radical (unpaired) electrons. The molecule has 1 aromatic carbocycles. The smallest absolute Gasteiger partial charge is 0.341 e. The molecule has 1 aliphatic rings. The van der Waals surface area contributed by atoms with E-state index >= 15 is 0 Å². The summed E-state index contributed by atoms with van der Waals surface area (Å²) in [5, 5.41) is 0.124. The highest BCUT2D eigenvalue weighted by atomic mass is 35.5. The third-order valence-corrected chi connectivity index (χ3v) is 4.02. The molecule has 0 saturated heterocycles. The molecule has 0 aliphatic carbocycles. The molecule has 126 valence electrons. The Morgan fingerprint density at radius 3 is 3.04 bits per heavy atom. The van der Waals surface area contributed by atoms with Crippen LogP contribution in [-0.4, -0.2) is 23.7 Å². The number of aromatic nitrogens is 1. The molecule has 2 aromatic rings. The number of rotatable bonds is 5. The summed E-state index contributed by atoms with van der Waals surface area (Å²) in [6.45, 7) is 4.54. The van der Waals surface area contributed by atoms with Gasteiger partial charge in [0.2, 0.25) is 0 Å². The van der Waals surface area contributed by atoms with Crippen LogP contribution in [0.1, 0.15) is 35.3 Å². The van der Waals surface area contributed by atoms with E-state index in [0.29, 0.717) is 12.4 Å². The Balaban J connectivity index is 1.78. The Kier molecular flexibility index (Phi) is 4.90. The molecule has 1 aromatic heterocycles. The summed E-state index contributed by atoms with van der Waals surface area (Å²) >= 11 is 5.92. The van der Waals surface area contributed by atoms with Gasteiger partial charge < -0.3 is 14.2 Å². The van der Waals surface area contributed by atoms with Crippen LogP contribution in [0.25, 0.3) is 0 Å². The number of nitrogens with zero attached hydrogens (tertiary/aromatic N) is 1. The van der Waals surface area contributed by atoms with Crippen LogP contribution in [0.2, 0.25) is 5.15 Å². The van der Waals surface area contributed by atoms with E-state index < -0.39 is 5.97 Å². The van der Waals surface area contributed by atoms with Gasteiger partial charge in [-0.1, -0.05) is 11.6 Å². The van der Waals surface area contributed by atoms with E-state index in [4.69, 9.17) is 25.8 Å². The molecule has 3 rings (SSSR count). The van der Waals surface area contributed by atoms with E-state index in [1.807, 2.05) is 26.0 Å². The summed E-state index contributed by atoms with van der Waals surface area (Å²) in [5.74, 6) is 1.00. The van der Waals surface area contributed by atoms with Gasteiger partial charge in [-0.3, -0.25) is 0 Å². The van der Waals surface area contributed by atoms with Crippen molar-refractivity contribution in [2.75, 3.05) is 6.61 Å². The fourth-order valence-corrected chi connectivity index (χ4v) is 2.84. The fraction of sp³-hybridized carbons (Fsp3) is 0.333. The summed E-state index contributed by atoms with van der Waals surface area (Å²) in [6, 6.07) is 7.05. The van der Waals surface area contributed by atoms with E-state index in [-0.39, 0.29) is 23.4 Å². The lowest BCUT2D eigenvalue weighted by atomic mass is 10.1. The second-order valence-corrected chi connectivity index (χ2v) is 5.91. The van der Waals surface area contributed by atoms with Gasteiger partial charge in [0.1, 0.15) is 29.4 Å². The molecule has 0 fully saturated rings. The van der Waals surface area contributed by atoms with Crippen molar-refractivity contribution in [3.05, 3.63) is 52.3 Å². The number of esters is 1. The predicted molar refractivity (Wildman–Crippen MR) is 89.8 cm³/mol. The minimum Gasteiger partial charge on any atom is -0.493 e. The topological polar surface area (TPSA) is 57.7 Å². The third-order valence-electron chi connectivity index (χ3n) is 3.72. The van der Waals surface area contributed by atoms with Crippen LogP contribution >= 0.6 is 11.6 Å². The first-order valence-electron chi connectivity index (χ1n) is 7.81. The van der Waals surface area contributed by atoms with Crippen LogP contribution < -0.4 is 9.47 Å². The number of benzene rings is 1. The highest BCUT2D eigenvalue weighted by Gasteiger charge is 2.22. The zero-order valence-corrected chi connectivity index (χ0v) is 14.3. The van der Waals surface area contributed by atoms with Crippen LogP contribution in [-0.2, 0) is 17.8 Å². The number of halogens is 1. The van der Waals surface area contributed by atoms with Gasteiger partial charge in [-0.05, 0) is 38.1 Å². The molecular formula is C18H18ClNO4. The second-order valence-electron chi connectivity index (χ2n) is 5.55. The molecule has 1 aliphatic heterocycles. The van der Waals surface area contributed by atoms with Crippen molar-refractivity contribution < 1.29 is 19.0 Å². The third kappa shape index (κ3) is 3.46. The van der Waals surface area contributed by atoms with Gasteiger partial charge in [-0.15, -0.1) is 0 Å². The zero-order chi connectivity index (χ0) is 17.1. The first-order valence-corrected chi connectivity index (χ1v) is 8.19. The molecular weight excluding hydrogens is 330 g/mol. The first kappa shape index (κ1) is 16.6. The van der Waals surface area contributed by atoms with Crippen LogP contribution in [0, 0.1) is 0 Å². The monoisotopic (exact) mass is 347 g/mol. The summed E-state index contributed by atoms with van der Waals surface area (Å²) in [6.07, 6.45) is 2.51. The summed E-state index contributed by atoms with van der Waals surface area (Å²) in [7, 11) is 0. The number of ether oxygens (including phenoxy) is 3. The Morgan fingerprint density at radius 2 is 2.29 bits per heavy atom. The van der Waals surface area contributed by atoms with E-state index in [1.54, 1.807) is 12.1 Å². The Morgan fingerprint density at radius 1 is 1.46 bits per heavy atom. The van der Waals surface area contributed by atoms with Crippen LogP contribution in [0.3, 0.4) is 0 Å². The second kappa shape index (κ2) is 7.09. The quantitative estimate of drug-likeness (QED) is 0.608. The number of fused-ring (bicyclic) bond motifs is 1. The minimum atomic E-state index is -0.523. The Bertz CT molecular complexity index is 763. The minimum absolute atomic E-state index is 0.0738. The molecule has 0 N–H and O–H groups in total. The van der Waals surface area contributed by atoms with Crippen molar-refractivity contribution in [3.8, 4) is 11.5 Å². The lowest BCUT2D eigenvalue weighted by molar-refractivity contribution is 0.0469. The Labute approximate surface area is 145 Å². The maximum absolute atomic E-state index is 12.2. The fourth-order valence-electron chi connectivity index (χ4n) is 2.64. The maximum atomic E-state index is 12.2. The van der Waals surface area contributed by atoms with Gasteiger partial charge in [0.15, 0.2) is 0 Å². The highest BCUT2D eigenvalue weighted by Crippen LogP contribution is 2.35. The van der Waals surface area contributed by atoms with Crippen molar-refractivity contribution in [2.24, 2.45) is 0 Å². The number of pyridine rings is 1. The highest BCUT2D eigenvalue weighted by molar-refractivity contribution is 6.32. The van der Waals surface area contributed by atoms with Gasteiger partial charge in [0.25, 0.3) is 0 Å². The largest absolute Gasteiger partial charge is 0.493 e. The molecule has 0 bridgehead atoms. The van der Waals surface area contributed by atoms with Gasteiger partial charge in [-0.2, -0.15) is 0 Å². The molecule has 0 saturated carbocycles. The van der Waals surface area contributed by atoms with E-state index in [1.165, 1.54) is 6.20 Å². The lowest BCUT2D eigenvalue weighted by Crippen LogP contribution is -2.08. The van der Waals surface area contributed by atoms with Gasteiger partial charge >= 0.3 is 5.97 Å². The van der Waals surface area contributed by atoms with E-state index in [2.05, 4.69) is 4.98 Å². The molecule has 1 unspecified atom stereocenters. The predicted octanol–water partition coefficient (Wildman–Crippen LogP) is 3.81. The van der Waals surface area contributed by atoms with E-state index in [9.17, 15) is 4.79 Å². The number of carbonyl (C=O) groups excluding carboxylic acids is 1. The normalized spacial score (nSPS) is 15.5. The van der Waals surface area contributed by atoms with Crippen LogP contribution in [0.4, 0.5) is 0 Å². The molecule has 1 atom stereocenters. The lowest BCUT2D eigenvalue weighted by Gasteiger charge is -2.13. The van der Waals surface area contributed by atoms with Crippen molar-refractivity contribution in [2.45, 2.75) is 33.0 Å². The van der Waals surface area contributed by atoms with Gasteiger partial charge in [0.05, 0.1) is 12.2 Å². The zero-order valence-electron chi connectivity index (χ0n) is 13.5. The van der Waals surface area contributed by atoms with Crippen LogP contribution in [0.5, 0.6) is 11.5 Å². The van der Waals surface area contributed by atoms with Crippen molar-refractivity contribution in [1.82, 2.24) is 4.98 Å². The SMILES string of the molecule is CCOc1cc2c(cc1COC(=O)c1cccnc1Cl)OC(C)C2. The average Bonchev–Trinajstić information content (AvgIpc) is 2.92. The first-order chi connectivity index (χ1) is 11.6. The molecule has 0 amide bonds. The molecule has 6 heteroatoms. The van der Waals surface area contributed by atoms with Gasteiger partial charge in [-0.25, -0.2) is 9.78 Å². The molecule has 5 nitrogen and oxygen atoms in total. The summed E-state index contributed by atoms with van der Waals surface area (Å²) in [4.78, 5) is 16.1. The summed E-state index contributed by atoms with van der Waals surface area (Å²) in [5.41, 5.74) is 2.11. The number of hydrogen-bond donors (Lipinski definition) is 0. The molecule has 0 spiro atoms. The van der Waals surface area contributed by atoms with Crippen LogP contribution in [0.15, 0.2) is 30.5 Å². The number of carbonyl (C=O) groups is 1. The maximum Gasteiger partial charge on any atom is 0.341 e. The average molecular weight is 348 g/mol. The molecule has 24 heavy (non-hydrogen) atoms. The standard InChI is InChI=1S/C18H18ClNO4/c1-3-22-15-8-12-7-11(2)24-16(12)9-13(15)10-23-18(21)14-5-4-6-20-17(14)19/h4-6,8-9,11H,3,7,10H2,1-2H3. The van der Waals surface area contributed by atoms with Crippen molar-refractivity contribution >= 4 is 17.6 Å². The molecule has 2 heterocycles. The Hall–Kier alpha value is -2.27. The summed E-state index contributed by atoms with van der Waals surface area (Å²) < 4.78 is 16.8. The van der Waals surface area contributed by atoms with E-state index in [0.717, 1.165) is 23.3 Å². The van der Waals surface area contributed by atoms with Crippen molar-refractivity contribution in [1.29, 1.82) is 0 Å². The number of hydrogen-bond acceptors (Lipinski definition) is 5. The van der Waals surface area contributed by atoms with Crippen molar-refractivity contribution in [3.63, 3.8) is 0 Å².